The molecule has 1 rings (SSSR count). The Bertz CT molecular complexity index is 569. The molecule has 1 aliphatic rings. The molecule has 0 aromatic heterocycles. The first-order valence-electron chi connectivity index (χ1n) is 10.1. The molecule has 0 radical (unpaired) electrons. The van der Waals surface area contributed by atoms with Crippen LogP contribution in [0.15, 0.2) is 0 Å². The fraction of sp³-hybridized carbons (Fsp3) is 0.789. The SMILES string of the molecule is CC(C)N(C(C)C)P(OCCC#N)OCCCCCC(=O)ON1C(=O)CCC1=O. The molecule has 1 aliphatic heterocycles. The fourth-order valence-electron chi connectivity index (χ4n) is 2.81. The van der Waals surface area contributed by atoms with Gasteiger partial charge in [-0.1, -0.05) is 6.42 Å². The second kappa shape index (κ2) is 13.6. The molecule has 1 unspecified atom stereocenters. The van der Waals surface area contributed by atoms with Gasteiger partial charge in [0.1, 0.15) is 0 Å². The zero-order chi connectivity index (χ0) is 21.8. The molecule has 9 nitrogen and oxygen atoms in total. The van der Waals surface area contributed by atoms with Gasteiger partial charge in [0.15, 0.2) is 0 Å². The minimum Gasteiger partial charge on any atom is -0.330 e. The fourth-order valence-corrected chi connectivity index (χ4v) is 4.44. The van der Waals surface area contributed by atoms with E-state index < -0.39 is 26.3 Å². The average Bonchev–Trinajstić information content (AvgIpc) is 2.95. The zero-order valence-corrected chi connectivity index (χ0v) is 18.7. The van der Waals surface area contributed by atoms with Gasteiger partial charge in [-0.3, -0.25) is 9.59 Å². The predicted octanol–water partition coefficient (Wildman–Crippen LogP) is 3.45. The first-order valence-corrected chi connectivity index (χ1v) is 11.2. The van der Waals surface area contributed by atoms with Gasteiger partial charge in [0, 0.05) is 31.3 Å². The first-order chi connectivity index (χ1) is 13.8. The van der Waals surface area contributed by atoms with E-state index in [1.165, 1.54) is 0 Å². The molecule has 1 heterocycles. The maximum atomic E-state index is 11.8. The average molecular weight is 429 g/mol. The van der Waals surface area contributed by atoms with E-state index in [4.69, 9.17) is 19.1 Å². The standard InChI is InChI=1S/C19H32N3O6P/c1-15(2)22(16(3)4)29(27-14-8-12-20)26-13-7-5-6-9-19(25)28-21-17(23)10-11-18(21)24/h15-16H,5-11,13-14H2,1-4H3. The van der Waals surface area contributed by atoms with E-state index in [-0.39, 0.29) is 31.3 Å². The van der Waals surface area contributed by atoms with Crippen molar-refractivity contribution in [1.82, 2.24) is 9.73 Å². The van der Waals surface area contributed by atoms with E-state index in [1.54, 1.807) is 0 Å². The summed E-state index contributed by atoms with van der Waals surface area (Å²) in [6, 6.07) is 2.56. The minimum atomic E-state index is -1.26. The highest BCUT2D eigenvalue weighted by Crippen LogP contribution is 2.46. The van der Waals surface area contributed by atoms with Gasteiger partial charge in [0.25, 0.3) is 20.3 Å². The Morgan fingerprint density at radius 3 is 2.21 bits per heavy atom. The summed E-state index contributed by atoms with van der Waals surface area (Å²) in [5.41, 5.74) is 0. The number of carbonyl (C=O) groups is 3. The molecule has 1 fully saturated rings. The molecule has 1 atom stereocenters. The van der Waals surface area contributed by atoms with Crippen molar-refractivity contribution in [3.63, 3.8) is 0 Å². The monoisotopic (exact) mass is 429 g/mol. The Kier molecular flexibility index (Phi) is 11.9. The number of rotatable bonds is 14. The number of hydrogen-bond donors (Lipinski definition) is 0. The van der Waals surface area contributed by atoms with Crippen molar-refractivity contribution < 1.29 is 28.3 Å². The van der Waals surface area contributed by atoms with Crippen LogP contribution in [0, 0.1) is 11.3 Å². The smallest absolute Gasteiger partial charge is 0.330 e. The van der Waals surface area contributed by atoms with Gasteiger partial charge in [0.05, 0.1) is 25.7 Å². The molecule has 2 amide bonds. The van der Waals surface area contributed by atoms with Gasteiger partial charge in [-0.2, -0.15) is 5.26 Å². The lowest BCUT2D eigenvalue weighted by atomic mass is 10.2. The van der Waals surface area contributed by atoms with E-state index >= 15 is 0 Å². The van der Waals surface area contributed by atoms with Gasteiger partial charge in [-0.05, 0) is 40.5 Å². The highest BCUT2D eigenvalue weighted by atomic mass is 31.2. The van der Waals surface area contributed by atoms with E-state index in [0.717, 1.165) is 12.8 Å². The lowest BCUT2D eigenvalue weighted by Crippen LogP contribution is -2.33. The number of hydrogen-bond acceptors (Lipinski definition) is 8. The largest absolute Gasteiger partial charge is 0.333 e. The third-order valence-electron chi connectivity index (χ3n) is 4.09. The van der Waals surface area contributed by atoms with E-state index in [2.05, 4.69) is 38.4 Å². The molecule has 0 aliphatic carbocycles. The summed E-state index contributed by atoms with van der Waals surface area (Å²) in [4.78, 5) is 39.4. The topological polar surface area (TPSA) is 109 Å². The van der Waals surface area contributed by atoms with E-state index in [9.17, 15) is 14.4 Å². The summed E-state index contributed by atoms with van der Waals surface area (Å²) in [5.74, 6) is -1.52. The number of hydroxylamine groups is 2. The second-order valence-corrected chi connectivity index (χ2v) is 8.69. The third kappa shape index (κ3) is 9.18. The van der Waals surface area contributed by atoms with Crippen LogP contribution in [-0.2, 0) is 28.3 Å². The molecule has 0 N–H and O–H groups in total. The van der Waals surface area contributed by atoms with Crippen LogP contribution >= 0.6 is 8.53 Å². The molecule has 0 bridgehead atoms. The number of carbonyl (C=O) groups excluding carboxylic acids is 3. The number of amides is 2. The van der Waals surface area contributed by atoms with Crippen LogP contribution in [0.2, 0.25) is 0 Å². The van der Waals surface area contributed by atoms with Crippen LogP contribution in [0.5, 0.6) is 0 Å². The quantitative estimate of drug-likeness (QED) is 0.235. The molecule has 29 heavy (non-hydrogen) atoms. The van der Waals surface area contributed by atoms with Crippen molar-refractivity contribution in [2.24, 2.45) is 0 Å². The van der Waals surface area contributed by atoms with Gasteiger partial charge < -0.3 is 13.9 Å². The Labute approximate surface area is 174 Å². The van der Waals surface area contributed by atoms with Crippen molar-refractivity contribution in [1.29, 1.82) is 5.26 Å². The van der Waals surface area contributed by atoms with Crippen molar-refractivity contribution in [2.75, 3.05) is 13.2 Å². The molecule has 0 aromatic carbocycles. The number of nitrogens with zero attached hydrogens (tertiary/aromatic N) is 3. The number of unbranched alkanes of at least 4 members (excludes halogenated alkanes) is 2. The van der Waals surface area contributed by atoms with Crippen LogP contribution < -0.4 is 0 Å². The van der Waals surface area contributed by atoms with Crippen LogP contribution in [0.1, 0.15) is 72.6 Å². The normalized spacial score (nSPS) is 15.4. The first kappa shape index (κ1) is 25.4. The molecule has 0 saturated carbocycles. The lowest BCUT2D eigenvalue weighted by Gasteiger charge is -2.35. The van der Waals surface area contributed by atoms with E-state index in [0.29, 0.717) is 31.1 Å². The van der Waals surface area contributed by atoms with Gasteiger partial charge in [-0.25, -0.2) is 9.46 Å². The molecule has 1 saturated heterocycles. The van der Waals surface area contributed by atoms with Gasteiger partial charge in [-0.15, -0.1) is 5.06 Å². The predicted molar refractivity (Wildman–Crippen MR) is 107 cm³/mol. The molecule has 10 heteroatoms. The van der Waals surface area contributed by atoms with Crippen LogP contribution in [0.4, 0.5) is 0 Å². The molecule has 0 aromatic rings. The second-order valence-electron chi connectivity index (χ2n) is 7.24. The lowest BCUT2D eigenvalue weighted by molar-refractivity contribution is -0.197. The van der Waals surface area contributed by atoms with Gasteiger partial charge in [0.2, 0.25) is 0 Å². The molecule has 0 spiro atoms. The Hall–Kier alpha value is -1.59. The minimum absolute atomic E-state index is 0.0899. The van der Waals surface area contributed by atoms with E-state index in [1.807, 2.05) is 0 Å². The van der Waals surface area contributed by atoms with Crippen LogP contribution in [0.25, 0.3) is 0 Å². The summed E-state index contributed by atoms with van der Waals surface area (Å²) in [6.45, 7) is 9.12. The summed E-state index contributed by atoms with van der Waals surface area (Å²) in [7, 11) is -1.26. The Morgan fingerprint density at radius 2 is 1.66 bits per heavy atom. The van der Waals surface area contributed by atoms with Crippen LogP contribution in [-0.4, -0.2) is 52.8 Å². The number of nitriles is 1. The zero-order valence-electron chi connectivity index (χ0n) is 17.8. The maximum absolute atomic E-state index is 11.8. The van der Waals surface area contributed by atoms with Gasteiger partial charge >= 0.3 is 5.97 Å². The van der Waals surface area contributed by atoms with Crippen LogP contribution in [0.3, 0.4) is 0 Å². The third-order valence-corrected chi connectivity index (χ3v) is 6.20. The maximum Gasteiger partial charge on any atom is 0.333 e. The summed E-state index contributed by atoms with van der Waals surface area (Å²) in [5, 5.41) is 9.29. The summed E-state index contributed by atoms with van der Waals surface area (Å²) >= 11 is 0. The Morgan fingerprint density at radius 1 is 1.07 bits per heavy atom. The Balaban J connectivity index is 2.31. The van der Waals surface area contributed by atoms with Crippen molar-refractivity contribution in [3.8, 4) is 6.07 Å². The highest BCUT2D eigenvalue weighted by Gasteiger charge is 2.32. The van der Waals surface area contributed by atoms with Crippen molar-refractivity contribution in [2.45, 2.75) is 84.7 Å². The molecular formula is C19H32N3O6P. The highest BCUT2D eigenvalue weighted by molar-refractivity contribution is 7.44. The summed E-state index contributed by atoms with van der Waals surface area (Å²) in [6.07, 6.45) is 2.68. The number of imide groups is 1. The molecule has 164 valence electrons. The van der Waals surface area contributed by atoms with Crippen molar-refractivity contribution >= 4 is 26.3 Å². The molecular weight excluding hydrogens is 397 g/mol. The van der Waals surface area contributed by atoms with Crippen molar-refractivity contribution in [3.05, 3.63) is 0 Å². The summed E-state index contributed by atoms with van der Waals surface area (Å²) < 4.78 is 13.9.